The van der Waals surface area contributed by atoms with Gasteiger partial charge in [0, 0.05) is 23.3 Å². The van der Waals surface area contributed by atoms with E-state index >= 15 is 0 Å². The van der Waals surface area contributed by atoms with Crippen molar-refractivity contribution in [1.82, 2.24) is 19.5 Å². The molecular formula is C20H28ClN7O. The fourth-order valence-electron chi connectivity index (χ4n) is 2.98. The van der Waals surface area contributed by atoms with Gasteiger partial charge in [-0.25, -0.2) is 4.98 Å². The number of halogens is 1. The van der Waals surface area contributed by atoms with E-state index in [9.17, 15) is 5.11 Å². The number of nitrogens with one attached hydrogen (secondary N) is 2. The van der Waals surface area contributed by atoms with E-state index < -0.39 is 0 Å². The predicted octanol–water partition coefficient (Wildman–Crippen LogP) is 3.68. The van der Waals surface area contributed by atoms with Crippen LogP contribution in [0.3, 0.4) is 0 Å². The fraction of sp³-hybridized carbons (Fsp3) is 0.450. The second-order valence-corrected chi connectivity index (χ2v) is 8.12. The number of benzene rings is 1. The van der Waals surface area contributed by atoms with Crippen molar-refractivity contribution < 1.29 is 5.11 Å². The lowest BCUT2D eigenvalue weighted by Crippen LogP contribution is -2.30. The van der Waals surface area contributed by atoms with Crippen LogP contribution in [-0.2, 0) is 6.54 Å². The molecule has 29 heavy (non-hydrogen) atoms. The molecule has 0 aliphatic heterocycles. The van der Waals surface area contributed by atoms with Gasteiger partial charge in [0.2, 0.25) is 5.95 Å². The number of hydrogen-bond acceptors (Lipinski definition) is 7. The van der Waals surface area contributed by atoms with Crippen LogP contribution in [0.15, 0.2) is 24.5 Å². The molecule has 8 nitrogen and oxygen atoms in total. The summed E-state index contributed by atoms with van der Waals surface area (Å²) >= 11 is 6.10. The highest BCUT2D eigenvalue weighted by molar-refractivity contribution is 6.30. The molecule has 0 saturated heterocycles. The monoisotopic (exact) mass is 417 g/mol. The molecular weight excluding hydrogens is 390 g/mol. The van der Waals surface area contributed by atoms with Gasteiger partial charge in [-0.3, -0.25) is 0 Å². The van der Waals surface area contributed by atoms with Crippen molar-refractivity contribution in [2.24, 2.45) is 5.92 Å². The van der Waals surface area contributed by atoms with Crippen LogP contribution in [0.1, 0.15) is 39.3 Å². The van der Waals surface area contributed by atoms with Crippen LogP contribution in [0.2, 0.25) is 5.02 Å². The Morgan fingerprint density at radius 3 is 2.62 bits per heavy atom. The molecule has 0 aliphatic rings. The summed E-state index contributed by atoms with van der Waals surface area (Å²) in [6.07, 6.45) is 1.76. The van der Waals surface area contributed by atoms with Gasteiger partial charge in [0.05, 0.1) is 19.0 Å². The highest BCUT2D eigenvalue weighted by atomic mass is 35.5. The quantitative estimate of drug-likeness (QED) is 0.413. The lowest BCUT2D eigenvalue weighted by Gasteiger charge is -2.20. The van der Waals surface area contributed by atoms with E-state index in [1.165, 1.54) is 0 Å². The highest BCUT2D eigenvalue weighted by Gasteiger charge is 2.18. The first-order chi connectivity index (χ1) is 13.8. The van der Waals surface area contributed by atoms with E-state index in [1.54, 1.807) is 18.5 Å². The lowest BCUT2D eigenvalue weighted by atomic mass is 10.1. The van der Waals surface area contributed by atoms with Gasteiger partial charge in [0.15, 0.2) is 17.0 Å². The normalized spacial score (nSPS) is 12.7. The zero-order chi connectivity index (χ0) is 21.1. The SMILES string of the molecule is CC(C)C(CO)Nc1nc(NCc2cc(Cl)ccc2N)c2ncn(C(C)C)c2n1. The summed E-state index contributed by atoms with van der Waals surface area (Å²) in [4.78, 5) is 13.8. The maximum atomic E-state index is 9.67. The molecule has 5 N–H and O–H groups in total. The summed E-state index contributed by atoms with van der Waals surface area (Å²) in [5.74, 6) is 1.25. The molecule has 0 radical (unpaired) electrons. The summed E-state index contributed by atoms with van der Waals surface area (Å²) in [5.41, 5.74) is 8.99. The fourth-order valence-corrected chi connectivity index (χ4v) is 3.17. The van der Waals surface area contributed by atoms with Crippen molar-refractivity contribution in [3.63, 3.8) is 0 Å². The van der Waals surface area contributed by atoms with Gasteiger partial charge in [0.25, 0.3) is 0 Å². The maximum Gasteiger partial charge on any atom is 0.227 e. The molecule has 3 aromatic rings. The predicted molar refractivity (Wildman–Crippen MR) is 118 cm³/mol. The summed E-state index contributed by atoms with van der Waals surface area (Å²) in [7, 11) is 0. The minimum Gasteiger partial charge on any atom is -0.398 e. The van der Waals surface area contributed by atoms with Crippen LogP contribution < -0.4 is 16.4 Å². The van der Waals surface area contributed by atoms with E-state index in [0.29, 0.717) is 34.5 Å². The van der Waals surface area contributed by atoms with Crippen LogP contribution in [0.5, 0.6) is 0 Å². The standard InChI is InChI=1S/C20H28ClN7O/c1-11(2)16(9-29)25-20-26-18(17-19(27-20)28(10-24-17)12(3)4)23-8-13-7-14(21)5-6-15(13)22/h5-7,10-12,16,29H,8-9,22H2,1-4H3,(H2,23,25,26,27). The Kier molecular flexibility index (Phi) is 6.44. The van der Waals surface area contributed by atoms with Crippen molar-refractivity contribution in [2.45, 2.75) is 46.3 Å². The number of nitrogen functional groups attached to an aromatic ring is 1. The smallest absolute Gasteiger partial charge is 0.227 e. The van der Waals surface area contributed by atoms with Gasteiger partial charge in [-0.1, -0.05) is 25.4 Å². The second kappa shape index (κ2) is 8.84. The maximum absolute atomic E-state index is 9.67. The van der Waals surface area contributed by atoms with Gasteiger partial charge in [-0.05, 0) is 43.5 Å². The zero-order valence-corrected chi connectivity index (χ0v) is 17.9. The summed E-state index contributed by atoms with van der Waals surface area (Å²) in [6.45, 7) is 8.64. The van der Waals surface area contributed by atoms with E-state index in [1.807, 2.05) is 24.5 Å². The average Bonchev–Trinajstić information content (AvgIpc) is 3.10. The second-order valence-electron chi connectivity index (χ2n) is 7.69. The Bertz CT molecular complexity index is 986. The minimum absolute atomic E-state index is 0.00961. The van der Waals surface area contributed by atoms with Crippen LogP contribution in [0, 0.1) is 5.92 Å². The summed E-state index contributed by atoms with van der Waals surface area (Å²) in [6, 6.07) is 5.41. The number of nitrogens with zero attached hydrogens (tertiary/aromatic N) is 4. The molecule has 0 fully saturated rings. The Morgan fingerprint density at radius 1 is 1.21 bits per heavy atom. The van der Waals surface area contributed by atoms with Gasteiger partial charge < -0.3 is 26.0 Å². The number of anilines is 3. The number of aliphatic hydroxyl groups excluding tert-OH is 1. The molecule has 9 heteroatoms. The average molecular weight is 418 g/mol. The minimum atomic E-state index is -0.153. The number of aromatic nitrogens is 4. The van der Waals surface area contributed by atoms with Gasteiger partial charge in [-0.15, -0.1) is 0 Å². The van der Waals surface area contributed by atoms with E-state index in [0.717, 1.165) is 11.2 Å². The third-order valence-electron chi connectivity index (χ3n) is 4.84. The van der Waals surface area contributed by atoms with Crippen molar-refractivity contribution >= 4 is 40.2 Å². The molecule has 2 heterocycles. The summed E-state index contributed by atoms with van der Waals surface area (Å²) in [5, 5.41) is 16.9. The first-order valence-corrected chi connectivity index (χ1v) is 10.1. The summed E-state index contributed by atoms with van der Waals surface area (Å²) < 4.78 is 1.99. The van der Waals surface area contributed by atoms with E-state index in [-0.39, 0.29) is 24.6 Å². The molecule has 1 unspecified atom stereocenters. The van der Waals surface area contributed by atoms with Crippen molar-refractivity contribution in [1.29, 1.82) is 0 Å². The third-order valence-corrected chi connectivity index (χ3v) is 5.08. The largest absolute Gasteiger partial charge is 0.398 e. The van der Waals surface area contributed by atoms with Crippen LogP contribution in [0.4, 0.5) is 17.5 Å². The van der Waals surface area contributed by atoms with E-state index in [4.69, 9.17) is 17.3 Å². The molecule has 0 saturated carbocycles. The number of nitrogens with two attached hydrogens (primary N) is 1. The molecule has 3 rings (SSSR count). The molecule has 0 bridgehead atoms. The Morgan fingerprint density at radius 2 is 1.97 bits per heavy atom. The molecule has 1 atom stereocenters. The van der Waals surface area contributed by atoms with Crippen LogP contribution in [-0.4, -0.2) is 37.3 Å². The topological polar surface area (TPSA) is 114 Å². The molecule has 0 amide bonds. The molecule has 0 spiro atoms. The van der Waals surface area contributed by atoms with Gasteiger partial charge >= 0.3 is 0 Å². The van der Waals surface area contributed by atoms with Gasteiger partial charge in [0.1, 0.15) is 0 Å². The number of hydrogen-bond donors (Lipinski definition) is 4. The lowest BCUT2D eigenvalue weighted by molar-refractivity contribution is 0.248. The molecule has 2 aromatic heterocycles. The van der Waals surface area contributed by atoms with Crippen LogP contribution >= 0.6 is 11.6 Å². The van der Waals surface area contributed by atoms with Crippen molar-refractivity contribution in [3.8, 4) is 0 Å². The number of aliphatic hydroxyl groups is 1. The zero-order valence-electron chi connectivity index (χ0n) is 17.1. The molecule has 156 valence electrons. The molecule has 0 aliphatic carbocycles. The Labute approximate surface area is 175 Å². The third kappa shape index (κ3) is 4.71. The highest BCUT2D eigenvalue weighted by Crippen LogP contribution is 2.25. The Hall–Kier alpha value is -2.58. The van der Waals surface area contributed by atoms with Crippen molar-refractivity contribution in [3.05, 3.63) is 35.1 Å². The number of rotatable bonds is 8. The Balaban J connectivity index is 1.98. The number of fused-ring (bicyclic) bond motifs is 1. The van der Waals surface area contributed by atoms with E-state index in [2.05, 4.69) is 39.4 Å². The number of imidazole rings is 1. The molecule has 1 aromatic carbocycles. The van der Waals surface area contributed by atoms with Crippen molar-refractivity contribution in [2.75, 3.05) is 23.0 Å². The first kappa shape index (κ1) is 21.1. The van der Waals surface area contributed by atoms with Crippen LogP contribution in [0.25, 0.3) is 11.2 Å². The first-order valence-electron chi connectivity index (χ1n) is 9.69. The van der Waals surface area contributed by atoms with Gasteiger partial charge in [-0.2, -0.15) is 9.97 Å².